The van der Waals surface area contributed by atoms with E-state index in [0.717, 1.165) is 63.1 Å². The van der Waals surface area contributed by atoms with Crippen LogP contribution in [0, 0.1) is 5.82 Å². The van der Waals surface area contributed by atoms with Gasteiger partial charge in [-0.3, -0.25) is 0 Å². The Morgan fingerprint density at radius 1 is 0.852 bits per heavy atom. The van der Waals surface area contributed by atoms with Gasteiger partial charge in [0.2, 0.25) is 0 Å². The standard InChI is InChI=1S/C20H23FN6/c21-16-14-17-15(13-18(16)25-8-2-1-3-9-25)19(26-10-4-5-11-26)24-20(23-17)27-12-6-7-22-27/h6-7,12-14H,1-5,8-11H2. The van der Waals surface area contributed by atoms with Crippen molar-refractivity contribution in [2.24, 2.45) is 0 Å². The number of nitrogens with zero attached hydrogens (tertiary/aromatic N) is 6. The van der Waals surface area contributed by atoms with Crippen LogP contribution in [0.2, 0.25) is 0 Å². The molecule has 2 saturated heterocycles. The summed E-state index contributed by atoms with van der Waals surface area (Å²) in [5.74, 6) is 1.17. The van der Waals surface area contributed by atoms with Gasteiger partial charge >= 0.3 is 0 Å². The molecule has 2 aliphatic rings. The third-order valence-corrected chi connectivity index (χ3v) is 5.54. The summed E-state index contributed by atoms with van der Waals surface area (Å²) in [4.78, 5) is 13.9. The van der Waals surface area contributed by atoms with Gasteiger partial charge in [-0.25, -0.2) is 14.1 Å². The van der Waals surface area contributed by atoms with E-state index in [1.54, 1.807) is 16.9 Å². The Labute approximate surface area is 157 Å². The molecule has 2 fully saturated rings. The Bertz CT molecular complexity index is 943. The molecule has 0 atom stereocenters. The summed E-state index contributed by atoms with van der Waals surface area (Å²) in [5.41, 5.74) is 1.31. The molecule has 2 aromatic heterocycles. The topological polar surface area (TPSA) is 50.1 Å². The molecule has 0 N–H and O–H groups in total. The minimum absolute atomic E-state index is 0.207. The molecular weight excluding hydrogens is 343 g/mol. The Kier molecular flexibility index (Phi) is 4.14. The second-order valence-corrected chi connectivity index (χ2v) is 7.36. The maximum Gasteiger partial charge on any atom is 0.253 e. The maximum absolute atomic E-state index is 14.9. The fourth-order valence-corrected chi connectivity index (χ4v) is 4.15. The Hall–Kier alpha value is -2.70. The number of hydrogen-bond donors (Lipinski definition) is 0. The number of benzene rings is 1. The summed E-state index contributed by atoms with van der Waals surface area (Å²) in [6.07, 6.45) is 9.28. The number of rotatable bonds is 3. The Morgan fingerprint density at radius 3 is 2.33 bits per heavy atom. The van der Waals surface area contributed by atoms with Gasteiger partial charge < -0.3 is 9.80 Å². The first kappa shape index (κ1) is 16.5. The Balaban J connectivity index is 1.68. The summed E-state index contributed by atoms with van der Waals surface area (Å²) < 4.78 is 16.6. The zero-order valence-electron chi connectivity index (χ0n) is 15.3. The van der Waals surface area contributed by atoms with Crippen LogP contribution >= 0.6 is 0 Å². The van der Waals surface area contributed by atoms with Gasteiger partial charge in [0.25, 0.3) is 5.95 Å². The van der Waals surface area contributed by atoms with Gasteiger partial charge in [0.15, 0.2) is 0 Å². The first-order valence-corrected chi connectivity index (χ1v) is 9.81. The molecule has 1 aromatic carbocycles. The molecule has 2 aliphatic heterocycles. The molecule has 0 aliphatic carbocycles. The van der Waals surface area contributed by atoms with Crippen LogP contribution in [-0.2, 0) is 0 Å². The molecule has 140 valence electrons. The third kappa shape index (κ3) is 3.01. The SMILES string of the molecule is Fc1cc2nc(-n3cccn3)nc(N3CCCC3)c2cc1N1CCCCC1. The zero-order chi connectivity index (χ0) is 18.2. The molecule has 6 nitrogen and oxygen atoms in total. The lowest BCUT2D eigenvalue weighted by Crippen LogP contribution is -2.30. The number of piperidine rings is 1. The lowest BCUT2D eigenvalue weighted by Gasteiger charge is -2.29. The molecule has 0 amide bonds. The summed E-state index contributed by atoms with van der Waals surface area (Å²) in [6.45, 7) is 3.77. The highest BCUT2D eigenvalue weighted by molar-refractivity contribution is 5.93. The van der Waals surface area contributed by atoms with Crippen LogP contribution in [0.5, 0.6) is 0 Å². The van der Waals surface area contributed by atoms with Crippen LogP contribution in [0.25, 0.3) is 16.9 Å². The van der Waals surface area contributed by atoms with Crippen molar-refractivity contribution in [3.8, 4) is 5.95 Å². The van der Waals surface area contributed by atoms with Crippen molar-refractivity contribution in [2.45, 2.75) is 32.1 Å². The number of hydrogen-bond acceptors (Lipinski definition) is 5. The van der Waals surface area contributed by atoms with Gasteiger partial charge in [0.1, 0.15) is 11.6 Å². The molecule has 0 radical (unpaired) electrons. The van der Waals surface area contributed by atoms with Crippen LogP contribution in [0.1, 0.15) is 32.1 Å². The third-order valence-electron chi connectivity index (χ3n) is 5.54. The first-order chi connectivity index (χ1) is 13.3. The minimum atomic E-state index is -0.207. The van der Waals surface area contributed by atoms with Crippen LogP contribution in [0.3, 0.4) is 0 Å². The van der Waals surface area contributed by atoms with E-state index in [4.69, 9.17) is 4.98 Å². The number of halogens is 1. The van der Waals surface area contributed by atoms with Gasteiger partial charge in [0.05, 0.1) is 11.2 Å². The molecule has 5 rings (SSSR count). The smallest absolute Gasteiger partial charge is 0.253 e. The van der Waals surface area contributed by atoms with E-state index < -0.39 is 0 Å². The molecule has 0 saturated carbocycles. The zero-order valence-corrected chi connectivity index (χ0v) is 15.3. The van der Waals surface area contributed by atoms with Crippen LogP contribution in [0.4, 0.5) is 15.9 Å². The van der Waals surface area contributed by atoms with Crippen molar-refractivity contribution >= 4 is 22.4 Å². The largest absolute Gasteiger partial charge is 0.369 e. The quantitative estimate of drug-likeness (QED) is 0.710. The first-order valence-electron chi connectivity index (χ1n) is 9.81. The average Bonchev–Trinajstić information content (AvgIpc) is 3.41. The predicted octanol–water partition coefficient (Wildman–Crippen LogP) is 3.55. The normalized spacial score (nSPS) is 17.8. The fraction of sp³-hybridized carbons (Fsp3) is 0.450. The number of anilines is 2. The van der Waals surface area contributed by atoms with E-state index in [1.807, 2.05) is 18.3 Å². The van der Waals surface area contributed by atoms with Gasteiger partial charge in [-0.2, -0.15) is 10.1 Å². The fourth-order valence-electron chi connectivity index (χ4n) is 4.15. The molecule has 7 heteroatoms. The molecule has 4 heterocycles. The van der Waals surface area contributed by atoms with Gasteiger partial charge in [-0.1, -0.05) is 0 Å². The molecule has 0 bridgehead atoms. The predicted molar refractivity (Wildman–Crippen MR) is 104 cm³/mol. The summed E-state index contributed by atoms with van der Waals surface area (Å²) in [6, 6.07) is 5.35. The molecule has 0 unspecified atom stereocenters. The highest BCUT2D eigenvalue weighted by Gasteiger charge is 2.22. The van der Waals surface area contributed by atoms with Crippen molar-refractivity contribution in [1.29, 1.82) is 0 Å². The second-order valence-electron chi connectivity index (χ2n) is 7.36. The summed E-state index contributed by atoms with van der Waals surface area (Å²) in [5, 5.41) is 5.17. The van der Waals surface area contributed by atoms with E-state index in [2.05, 4.69) is 19.9 Å². The lowest BCUT2D eigenvalue weighted by atomic mass is 10.1. The van der Waals surface area contributed by atoms with E-state index >= 15 is 0 Å². The van der Waals surface area contributed by atoms with Crippen molar-refractivity contribution in [1.82, 2.24) is 19.7 Å². The van der Waals surface area contributed by atoms with Gasteiger partial charge in [-0.05, 0) is 44.2 Å². The van der Waals surface area contributed by atoms with Crippen LogP contribution < -0.4 is 9.80 Å². The number of aromatic nitrogens is 4. The summed E-state index contributed by atoms with van der Waals surface area (Å²) in [7, 11) is 0. The van der Waals surface area contributed by atoms with E-state index in [-0.39, 0.29) is 5.82 Å². The highest BCUT2D eigenvalue weighted by atomic mass is 19.1. The summed E-state index contributed by atoms with van der Waals surface area (Å²) >= 11 is 0. The lowest BCUT2D eigenvalue weighted by molar-refractivity contribution is 0.557. The number of fused-ring (bicyclic) bond motifs is 1. The molecule has 3 aromatic rings. The monoisotopic (exact) mass is 366 g/mol. The maximum atomic E-state index is 14.9. The van der Waals surface area contributed by atoms with Crippen LogP contribution in [-0.4, -0.2) is 45.9 Å². The van der Waals surface area contributed by atoms with E-state index in [0.29, 0.717) is 17.2 Å². The van der Waals surface area contributed by atoms with Gasteiger partial charge in [-0.15, -0.1) is 0 Å². The van der Waals surface area contributed by atoms with E-state index in [9.17, 15) is 4.39 Å². The molecular formula is C20H23FN6. The van der Waals surface area contributed by atoms with Crippen molar-refractivity contribution < 1.29 is 4.39 Å². The van der Waals surface area contributed by atoms with Crippen molar-refractivity contribution in [3.63, 3.8) is 0 Å². The highest BCUT2D eigenvalue weighted by Crippen LogP contribution is 2.33. The average molecular weight is 366 g/mol. The Morgan fingerprint density at radius 2 is 1.59 bits per heavy atom. The van der Waals surface area contributed by atoms with E-state index in [1.165, 1.54) is 6.42 Å². The minimum Gasteiger partial charge on any atom is -0.369 e. The van der Waals surface area contributed by atoms with Crippen molar-refractivity contribution in [3.05, 3.63) is 36.4 Å². The molecule has 27 heavy (non-hydrogen) atoms. The second kappa shape index (κ2) is 6.79. The van der Waals surface area contributed by atoms with Crippen molar-refractivity contribution in [2.75, 3.05) is 36.0 Å². The van der Waals surface area contributed by atoms with Gasteiger partial charge in [0, 0.05) is 50.0 Å². The molecule has 0 spiro atoms. The van der Waals surface area contributed by atoms with Crippen LogP contribution in [0.15, 0.2) is 30.6 Å².